The summed E-state index contributed by atoms with van der Waals surface area (Å²) < 4.78 is 54.5. The number of hydrogen-bond donors (Lipinski definition) is 2. The van der Waals surface area contributed by atoms with Gasteiger partial charge >= 0.3 is 6.36 Å². The van der Waals surface area contributed by atoms with Crippen molar-refractivity contribution < 1.29 is 31.9 Å². The maximum atomic E-state index is 14.1. The Bertz CT molecular complexity index is 869. The first-order valence-electron chi connectivity index (χ1n) is 7.63. The highest BCUT2D eigenvalue weighted by molar-refractivity contribution is 5.96. The smallest absolute Gasteiger partial charge is 0.403 e. The Labute approximate surface area is 151 Å². The van der Waals surface area contributed by atoms with Crippen molar-refractivity contribution in [2.75, 3.05) is 5.32 Å². The van der Waals surface area contributed by atoms with Crippen molar-refractivity contribution in [1.29, 1.82) is 0 Å². The van der Waals surface area contributed by atoms with Crippen LogP contribution in [0.3, 0.4) is 0 Å². The van der Waals surface area contributed by atoms with E-state index in [1.165, 1.54) is 31.2 Å². The van der Waals surface area contributed by atoms with Crippen LogP contribution in [0.25, 0.3) is 0 Å². The van der Waals surface area contributed by atoms with Gasteiger partial charge < -0.3 is 15.4 Å². The zero-order valence-corrected chi connectivity index (χ0v) is 14.3. The number of hydrogen-bond acceptors (Lipinski definition) is 4. The van der Waals surface area contributed by atoms with Crippen LogP contribution in [0.5, 0.6) is 5.75 Å². The maximum Gasteiger partial charge on any atom is 0.573 e. The molecule has 0 fully saturated rings. The number of nitrogens with zero attached hydrogens (tertiary/aromatic N) is 1. The Hall–Kier alpha value is -3.17. The van der Waals surface area contributed by atoms with Gasteiger partial charge in [0.15, 0.2) is 11.6 Å². The molecule has 2 rings (SSSR count). The van der Waals surface area contributed by atoms with Gasteiger partial charge in [0.1, 0.15) is 5.82 Å². The molecule has 2 aromatic rings. The van der Waals surface area contributed by atoms with Crippen LogP contribution in [0.4, 0.5) is 23.4 Å². The van der Waals surface area contributed by atoms with E-state index < -0.39 is 23.8 Å². The Morgan fingerprint density at radius 3 is 2.56 bits per heavy atom. The van der Waals surface area contributed by atoms with Crippen LogP contribution in [0.15, 0.2) is 30.3 Å². The summed E-state index contributed by atoms with van der Waals surface area (Å²) in [6.45, 7) is 2.53. The number of benzene rings is 1. The van der Waals surface area contributed by atoms with Crippen molar-refractivity contribution in [3.05, 3.63) is 53.0 Å². The number of anilines is 1. The van der Waals surface area contributed by atoms with Gasteiger partial charge in [-0.25, -0.2) is 9.37 Å². The van der Waals surface area contributed by atoms with Crippen LogP contribution in [0.2, 0.25) is 0 Å². The van der Waals surface area contributed by atoms with Crippen molar-refractivity contribution in [2.45, 2.75) is 26.8 Å². The lowest BCUT2D eigenvalue weighted by Crippen LogP contribution is -2.24. The molecule has 1 aromatic heterocycles. The number of halogens is 4. The van der Waals surface area contributed by atoms with Crippen LogP contribution in [-0.2, 0) is 11.3 Å². The minimum Gasteiger partial charge on any atom is -0.403 e. The lowest BCUT2D eigenvalue weighted by molar-refractivity contribution is -0.275. The van der Waals surface area contributed by atoms with E-state index in [1.54, 1.807) is 6.92 Å². The summed E-state index contributed by atoms with van der Waals surface area (Å²) in [5.74, 6) is -3.03. The van der Waals surface area contributed by atoms with Crippen molar-refractivity contribution >= 4 is 17.6 Å². The number of rotatable bonds is 5. The molecule has 6 nitrogen and oxygen atoms in total. The van der Waals surface area contributed by atoms with Gasteiger partial charge in [-0.1, -0.05) is 12.1 Å². The average Bonchev–Trinajstić information content (AvgIpc) is 2.53. The minimum absolute atomic E-state index is 0.148. The van der Waals surface area contributed by atoms with E-state index in [2.05, 4.69) is 20.4 Å². The molecule has 1 aromatic carbocycles. The molecule has 2 N–H and O–H groups in total. The van der Waals surface area contributed by atoms with Crippen molar-refractivity contribution in [1.82, 2.24) is 10.3 Å². The van der Waals surface area contributed by atoms with Crippen LogP contribution in [-0.4, -0.2) is 23.2 Å². The molecule has 0 aliphatic heterocycles. The van der Waals surface area contributed by atoms with E-state index in [-0.39, 0.29) is 29.4 Å². The molecule has 10 heteroatoms. The highest BCUT2D eigenvalue weighted by Crippen LogP contribution is 2.27. The Kier molecular flexibility index (Phi) is 5.98. The molecule has 0 saturated carbocycles. The summed E-state index contributed by atoms with van der Waals surface area (Å²) in [5.41, 5.74) is 0.422. The molecule has 27 heavy (non-hydrogen) atoms. The summed E-state index contributed by atoms with van der Waals surface area (Å²) in [7, 11) is 0. The van der Waals surface area contributed by atoms with Gasteiger partial charge in [0.05, 0.1) is 0 Å². The van der Waals surface area contributed by atoms with E-state index in [9.17, 15) is 27.2 Å². The number of carbonyl (C=O) groups is 2. The monoisotopic (exact) mass is 385 g/mol. The van der Waals surface area contributed by atoms with Gasteiger partial charge in [0.25, 0.3) is 5.91 Å². The average molecular weight is 385 g/mol. The van der Waals surface area contributed by atoms with E-state index in [1.807, 2.05) is 0 Å². The predicted octanol–water partition coefficient (Wildman–Crippen LogP) is 3.32. The zero-order valence-electron chi connectivity index (χ0n) is 14.3. The van der Waals surface area contributed by atoms with Gasteiger partial charge in [0, 0.05) is 30.3 Å². The molecule has 0 aliphatic carbocycles. The number of alkyl halides is 3. The fourth-order valence-corrected chi connectivity index (χ4v) is 2.22. The van der Waals surface area contributed by atoms with Crippen molar-refractivity contribution in [3.8, 4) is 5.75 Å². The molecule has 0 bridgehead atoms. The first-order valence-corrected chi connectivity index (χ1v) is 7.63. The molecule has 1 heterocycles. The molecule has 144 valence electrons. The van der Waals surface area contributed by atoms with Crippen LogP contribution >= 0.6 is 0 Å². The number of aryl methyl sites for hydroxylation is 1. The molecule has 0 atom stereocenters. The number of pyridine rings is 1. The number of nitrogens with one attached hydrogen (secondary N) is 2. The Morgan fingerprint density at radius 2 is 1.93 bits per heavy atom. The lowest BCUT2D eigenvalue weighted by Gasteiger charge is -2.12. The summed E-state index contributed by atoms with van der Waals surface area (Å²) in [6.07, 6.45) is -5.03. The molecule has 0 aliphatic rings. The molecule has 0 spiro atoms. The summed E-state index contributed by atoms with van der Waals surface area (Å²) in [5, 5.41) is 4.84. The largest absolute Gasteiger partial charge is 0.573 e. The third-order valence-corrected chi connectivity index (χ3v) is 3.23. The minimum atomic E-state index is -5.03. The summed E-state index contributed by atoms with van der Waals surface area (Å²) in [6, 6.07) is 6.00. The van der Waals surface area contributed by atoms with E-state index in [0.29, 0.717) is 5.69 Å². The highest BCUT2D eigenvalue weighted by atomic mass is 19.4. The third-order valence-electron chi connectivity index (χ3n) is 3.23. The topological polar surface area (TPSA) is 80.3 Å². The van der Waals surface area contributed by atoms with Gasteiger partial charge in [-0.3, -0.25) is 9.59 Å². The second-order valence-electron chi connectivity index (χ2n) is 5.52. The summed E-state index contributed by atoms with van der Waals surface area (Å²) >= 11 is 0. The normalized spacial score (nSPS) is 11.0. The second-order valence-corrected chi connectivity index (χ2v) is 5.52. The van der Waals surface area contributed by atoms with Gasteiger partial charge in [-0.05, 0) is 25.1 Å². The molecule has 2 amide bonds. The fourth-order valence-electron chi connectivity index (χ4n) is 2.22. The number of amides is 2. The van der Waals surface area contributed by atoms with Gasteiger partial charge in [0.2, 0.25) is 5.91 Å². The fraction of sp³-hybridized carbons (Fsp3) is 0.235. The van der Waals surface area contributed by atoms with Gasteiger partial charge in [-0.2, -0.15) is 0 Å². The standard InChI is InChI=1S/C17H15F4N3O3/c1-9-6-12(7-14(23-9)24-10(2)25)16(26)22-8-11-4-3-5-13(15(11)18)27-17(19,20)21/h3-7H,8H2,1-2H3,(H,22,26)(H,23,24,25). The molecular formula is C17H15F4N3O3. The quantitative estimate of drug-likeness (QED) is 0.774. The second kappa shape index (κ2) is 8.02. The molecule has 0 unspecified atom stereocenters. The maximum absolute atomic E-state index is 14.1. The molecular weight excluding hydrogens is 370 g/mol. The number of carbonyl (C=O) groups excluding carboxylic acids is 2. The number of ether oxygens (including phenoxy) is 1. The highest BCUT2D eigenvalue weighted by Gasteiger charge is 2.32. The molecule has 0 radical (unpaired) electrons. The van der Waals surface area contributed by atoms with E-state index in [0.717, 1.165) is 6.07 Å². The lowest BCUT2D eigenvalue weighted by atomic mass is 10.1. The van der Waals surface area contributed by atoms with Crippen LogP contribution in [0.1, 0.15) is 28.5 Å². The van der Waals surface area contributed by atoms with E-state index in [4.69, 9.17) is 0 Å². The van der Waals surface area contributed by atoms with Gasteiger partial charge in [-0.15, -0.1) is 13.2 Å². The third kappa shape index (κ3) is 5.94. The van der Waals surface area contributed by atoms with Crippen molar-refractivity contribution in [2.24, 2.45) is 0 Å². The zero-order chi connectivity index (χ0) is 20.2. The van der Waals surface area contributed by atoms with Crippen molar-refractivity contribution in [3.63, 3.8) is 0 Å². The van der Waals surface area contributed by atoms with Crippen LogP contribution < -0.4 is 15.4 Å². The van der Waals surface area contributed by atoms with E-state index >= 15 is 0 Å². The summed E-state index contributed by atoms with van der Waals surface area (Å²) in [4.78, 5) is 27.4. The van der Waals surface area contributed by atoms with Crippen LogP contribution in [0, 0.1) is 12.7 Å². The predicted molar refractivity (Wildman–Crippen MR) is 87.5 cm³/mol. The first kappa shape index (κ1) is 20.1. The Morgan fingerprint density at radius 1 is 1.22 bits per heavy atom. The molecule has 0 saturated heterocycles. The Balaban J connectivity index is 2.13. The SMILES string of the molecule is CC(=O)Nc1cc(C(=O)NCc2cccc(OC(F)(F)F)c2F)cc(C)n1. The number of aromatic nitrogens is 1. The first-order chi connectivity index (χ1) is 12.5.